The molecule has 0 unspecified atom stereocenters. The van der Waals surface area contributed by atoms with Crippen molar-refractivity contribution in [3.8, 4) is 73.2 Å². The van der Waals surface area contributed by atoms with Crippen molar-refractivity contribution < 1.29 is 0 Å². The third-order valence-electron chi connectivity index (χ3n) is 13.9. The highest BCUT2D eigenvalue weighted by Crippen LogP contribution is 2.44. The third kappa shape index (κ3) is 6.62. The smallest absolute Gasteiger partial charge is 0.164 e. The Morgan fingerprint density at radius 2 is 0.814 bits per heavy atom. The Balaban J connectivity index is 1.06. The summed E-state index contributed by atoms with van der Waals surface area (Å²) in [7, 11) is 0. The van der Waals surface area contributed by atoms with Crippen molar-refractivity contribution >= 4 is 74.9 Å². The van der Waals surface area contributed by atoms with Crippen molar-refractivity contribution in [2.75, 3.05) is 0 Å². The van der Waals surface area contributed by atoms with E-state index in [1.165, 1.54) is 52.5 Å². The lowest BCUT2D eigenvalue weighted by atomic mass is 9.96. The molecule has 0 atom stereocenters. The van der Waals surface area contributed by atoms with E-state index in [-0.39, 0.29) is 0 Å². The molecule has 0 saturated heterocycles. The lowest BCUT2D eigenvalue weighted by molar-refractivity contribution is 1.07. The molecule has 0 N–H and O–H groups in total. The minimum Gasteiger partial charge on any atom is -0.309 e. The molecule has 14 aromatic rings. The first kappa shape index (κ1) is 40.1. The zero-order chi connectivity index (χ0) is 46.1. The monoisotopic (exact) mass is 908 g/mol. The van der Waals surface area contributed by atoms with Crippen molar-refractivity contribution in [1.82, 2.24) is 19.5 Å². The molecule has 70 heavy (non-hydrogen) atoms. The van der Waals surface area contributed by atoms with Gasteiger partial charge in [0.05, 0.1) is 11.0 Å². The molecule has 0 aliphatic heterocycles. The first-order valence-corrected chi connectivity index (χ1v) is 24.5. The molecule has 14 rings (SSSR count). The normalized spacial score (nSPS) is 11.7. The van der Waals surface area contributed by atoms with Crippen LogP contribution in [0.2, 0.25) is 0 Å². The van der Waals surface area contributed by atoms with E-state index in [1.54, 1.807) is 0 Å². The van der Waals surface area contributed by atoms with Crippen LogP contribution in [0.4, 0.5) is 0 Å². The Labute approximate surface area is 408 Å². The Morgan fingerprint density at radius 3 is 1.49 bits per heavy atom. The summed E-state index contributed by atoms with van der Waals surface area (Å²) in [5, 5.41) is 9.88. The van der Waals surface area contributed by atoms with Gasteiger partial charge in [0.1, 0.15) is 0 Å². The van der Waals surface area contributed by atoms with Crippen molar-refractivity contribution in [2.45, 2.75) is 0 Å². The molecular formula is C65H40N4S. The fourth-order valence-electron chi connectivity index (χ4n) is 10.6. The standard InChI is InChI=1S/C65H40N4S/c1-3-17-41(18-4-1)48-24-11-13-28-53(48)63-66-64(54-29-14-12-25-49(54)42-19-5-2-6-20-42)68-65(67-63)55-35-33-47(40-56(55)46-31-34-52-51-27-15-16-30-60(51)70-61(52)39-46)69-58-36-32-43-21-9-10-26-50(43)62(58)57-37-44-22-7-8-23-45(44)38-59(57)69/h1-40H. The fraction of sp³-hybridized carbons (Fsp3) is 0. The van der Waals surface area contributed by atoms with Crippen LogP contribution >= 0.6 is 11.3 Å². The molecule has 0 amide bonds. The van der Waals surface area contributed by atoms with Crippen LogP contribution in [-0.4, -0.2) is 19.5 Å². The maximum atomic E-state index is 5.51. The molecule has 0 aliphatic rings. The van der Waals surface area contributed by atoms with Gasteiger partial charge >= 0.3 is 0 Å². The average molecular weight is 909 g/mol. The Morgan fingerprint density at radius 1 is 0.286 bits per heavy atom. The highest BCUT2D eigenvalue weighted by atomic mass is 32.1. The molecule has 326 valence electrons. The molecule has 0 fully saturated rings. The van der Waals surface area contributed by atoms with Gasteiger partial charge in [0.25, 0.3) is 0 Å². The first-order chi connectivity index (χ1) is 34.7. The number of hydrogen-bond acceptors (Lipinski definition) is 4. The predicted octanol–water partition coefficient (Wildman–Crippen LogP) is 17.6. The molecule has 4 nitrogen and oxygen atoms in total. The minimum atomic E-state index is 0.600. The molecule has 0 saturated carbocycles. The van der Waals surface area contributed by atoms with Gasteiger partial charge in [0.15, 0.2) is 17.5 Å². The molecule has 0 bridgehead atoms. The molecule has 11 aromatic carbocycles. The molecule has 5 heteroatoms. The Kier molecular flexibility index (Phi) is 9.36. The quantitative estimate of drug-likeness (QED) is 0.160. The molecule has 0 spiro atoms. The highest BCUT2D eigenvalue weighted by Gasteiger charge is 2.23. The molecule has 3 heterocycles. The van der Waals surface area contributed by atoms with Gasteiger partial charge in [-0.05, 0) is 103 Å². The van der Waals surface area contributed by atoms with Gasteiger partial charge in [-0.2, -0.15) is 0 Å². The van der Waals surface area contributed by atoms with Crippen LogP contribution in [0.25, 0.3) is 137 Å². The van der Waals surface area contributed by atoms with Gasteiger partial charge in [-0.3, -0.25) is 0 Å². The van der Waals surface area contributed by atoms with Crippen LogP contribution in [0.15, 0.2) is 243 Å². The number of thiophene rings is 1. The summed E-state index contributed by atoms with van der Waals surface area (Å²) in [6.45, 7) is 0. The van der Waals surface area contributed by atoms with Crippen LogP contribution in [0.3, 0.4) is 0 Å². The summed E-state index contributed by atoms with van der Waals surface area (Å²) in [4.78, 5) is 16.4. The van der Waals surface area contributed by atoms with Crippen LogP contribution in [0.1, 0.15) is 0 Å². The SMILES string of the molecule is c1ccc(-c2ccccc2-c2nc(-c3ccccc3-c3ccccc3)nc(-c3ccc(-n4c5cc6ccccc6cc5c5c6ccccc6ccc54)cc3-c3ccc4c(c3)sc3ccccc34)n2)cc1. The van der Waals surface area contributed by atoms with E-state index in [0.717, 1.165) is 66.8 Å². The molecule has 0 aliphatic carbocycles. The van der Waals surface area contributed by atoms with E-state index < -0.39 is 0 Å². The number of aromatic nitrogens is 4. The van der Waals surface area contributed by atoms with E-state index >= 15 is 0 Å². The number of nitrogens with zero attached hydrogens (tertiary/aromatic N) is 4. The summed E-state index contributed by atoms with van der Waals surface area (Å²) < 4.78 is 4.95. The van der Waals surface area contributed by atoms with Crippen molar-refractivity contribution in [2.24, 2.45) is 0 Å². The topological polar surface area (TPSA) is 43.6 Å². The van der Waals surface area contributed by atoms with Gasteiger partial charge in [0, 0.05) is 53.3 Å². The van der Waals surface area contributed by atoms with Crippen LogP contribution in [0, 0.1) is 0 Å². The van der Waals surface area contributed by atoms with E-state index in [0.29, 0.717) is 17.5 Å². The van der Waals surface area contributed by atoms with Gasteiger partial charge in [-0.1, -0.05) is 194 Å². The van der Waals surface area contributed by atoms with E-state index in [1.807, 2.05) is 11.3 Å². The average Bonchev–Trinajstić information content (AvgIpc) is 3.97. The van der Waals surface area contributed by atoms with Gasteiger partial charge in [-0.15, -0.1) is 11.3 Å². The first-order valence-electron chi connectivity index (χ1n) is 23.7. The van der Waals surface area contributed by atoms with Crippen LogP contribution < -0.4 is 0 Å². The predicted molar refractivity (Wildman–Crippen MR) is 295 cm³/mol. The van der Waals surface area contributed by atoms with Gasteiger partial charge in [-0.25, -0.2) is 15.0 Å². The fourth-order valence-corrected chi connectivity index (χ4v) is 11.7. The Hall–Kier alpha value is -9.03. The lowest BCUT2D eigenvalue weighted by Gasteiger charge is -2.17. The van der Waals surface area contributed by atoms with Crippen molar-refractivity contribution in [1.29, 1.82) is 0 Å². The second-order valence-electron chi connectivity index (χ2n) is 17.9. The minimum absolute atomic E-state index is 0.600. The van der Waals surface area contributed by atoms with E-state index in [9.17, 15) is 0 Å². The number of hydrogen-bond donors (Lipinski definition) is 0. The van der Waals surface area contributed by atoms with Crippen LogP contribution in [-0.2, 0) is 0 Å². The molecule has 3 aromatic heterocycles. The lowest BCUT2D eigenvalue weighted by Crippen LogP contribution is -2.03. The van der Waals surface area contributed by atoms with Gasteiger partial charge in [0.2, 0.25) is 0 Å². The van der Waals surface area contributed by atoms with Gasteiger partial charge < -0.3 is 4.57 Å². The number of benzene rings is 11. The summed E-state index contributed by atoms with van der Waals surface area (Å²) >= 11 is 1.83. The van der Waals surface area contributed by atoms with Crippen molar-refractivity contribution in [3.63, 3.8) is 0 Å². The zero-order valence-corrected chi connectivity index (χ0v) is 38.6. The third-order valence-corrected chi connectivity index (χ3v) is 15.0. The molecular weight excluding hydrogens is 869 g/mol. The maximum absolute atomic E-state index is 5.51. The maximum Gasteiger partial charge on any atom is 0.164 e. The summed E-state index contributed by atoms with van der Waals surface area (Å²) in [6, 6.07) is 87.0. The van der Waals surface area contributed by atoms with E-state index in [4.69, 9.17) is 15.0 Å². The summed E-state index contributed by atoms with van der Waals surface area (Å²) in [5.41, 5.74) is 12.6. The second-order valence-corrected chi connectivity index (χ2v) is 19.0. The number of fused-ring (bicyclic) bond motifs is 9. The number of rotatable bonds is 7. The van der Waals surface area contributed by atoms with Crippen molar-refractivity contribution in [3.05, 3.63) is 243 Å². The Bertz CT molecular complexity index is 4260. The molecule has 0 radical (unpaired) electrons. The van der Waals surface area contributed by atoms with E-state index in [2.05, 4.69) is 247 Å². The highest BCUT2D eigenvalue weighted by molar-refractivity contribution is 7.25. The zero-order valence-electron chi connectivity index (χ0n) is 37.8. The largest absolute Gasteiger partial charge is 0.309 e. The summed E-state index contributed by atoms with van der Waals surface area (Å²) in [6.07, 6.45) is 0. The van der Waals surface area contributed by atoms with Crippen LogP contribution in [0.5, 0.6) is 0 Å². The second kappa shape index (κ2) is 16.3. The summed E-state index contributed by atoms with van der Waals surface area (Å²) in [5.74, 6) is 1.82.